The van der Waals surface area contributed by atoms with Gasteiger partial charge in [-0.05, 0) is 58.2 Å². The number of aryl methyl sites for hydroxylation is 1. The number of nitrogens with zero attached hydrogens (tertiary/aromatic N) is 2. The molecule has 5 nitrogen and oxygen atoms in total. The molecule has 0 bridgehead atoms. The fourth-order valence-electron chi connectivity index (χ4n) is 3.81. The second kappa shape index (κ2) is 8.61. The number of ether oxygens (including phenoxy) is 1. The molecule has 164 valence electrons. The van der Waals surface area contributed by atoms with Gasteiger partial charge in [0.15, 0.2) is 0 Å². The standard InChI is InChI=1S/C23H28BIN2O3S/c1-15-12-18(24-29-22(3,4)23(5,6)30-24)13-26-21(15)27(31-25)14-16(2)19-9-7-8-17-10-11-28-20(17)19/h7-9,12-14H,10-11H2,1-6H3/b16-14+. The summed E-state index contributed by atoms with van der Waals surface area (Å²) in [4.78, 5) is 4.77. The van der Waals surface area contributed by atoms with Crippen LogP contribution < -0.4 is 14.5 Å². The largest absolute Gasteiger partial charge is 0.496 e. The Balaban J connectivity index is 1.60. The van der Waals surface area contributed by atoms with Crippen LogP contribution in [0.25, 0.3) is 5.57 Å². The highest BCUT2D eigenvalue weighted by molar-refractivity contribution is 14.2. The van der Waals surface area contributed by atoms with Gasteiger partial charge in [-0.15, -0.1) is 0 Å². The van der Waals surface area contributed by atoms with Crippen LogP contribution in [0, 0.1) is 6.92 Å². The van der Waals surface area contributed by atoms with Crippen LogP contribution in [0.5, 0.6) is 5.75 Å². The number of fused-ring (bicyclic) bond motifs is 1. The van der Waals surface area contributed by atoms with Gasteiger partial charge in [-0.3, -0.25) is 4.31 Å². The van der Waals surface area contributed by atoms with E-state index in [-0.39, 0.29) is 11.2 Å². The number of benzene rings is 1. The monoisotopic (exact) mass is 550 g/mol. The first-order chi connectivity index (χ1) is 14.6. The van der Waals surface area contributed by atoms with E-state index in [1.807, 2.05) is 6.20 Å². The molecule has 0 atom stereocenters. The van der Waals surface area contributed by atoms with E-state index in [0.29, 0.717) is 0 Å². The fourth-order valence-corrected chi connectivity index (χ4v) is 5.17. The van der Waals surface area contributed by atoms with Crippen molar-refractivity contribution in [1.29, 1.82) is 0 Å². The molecule has 0 spiro atoms. The molecule has 0 unspecified atom stereocenters. The van der Waals surface area contributed by atoms with Gasteiger partial charge in [0.1, 0.15) is 11.6 Å². The van der Waals surface area contributed by atoms with Crippen molar-refractivity contribution in [2.45, 2.75) is 59.2 Å². The minimum absolute atomic E-state index is 0.369. The quantitative estimate of drug-likeness (QED) is 0.279. The molecule has 1 saturated heterocycles. The molecule has 2 aromatic rings. The molecule has 1 aromatic heterocycles. The number of halogens is 1. The van der Waals surface area contributed by atoms with Gasteiger partial charge < -0.3 is 14.0 Å². The van der Waals surface area contributed by atoms with E-state index in [4.69, 9.17) is 19.0 Å². The maximum atomic E-state index is 6.19. The van der Waals surface area contributed by atoms with Crippen molar-refractivity contribution in [1.82, 2.24) is 4.98 Å². The third-order valence-electron chi connectivity index (χ3n) is 6.33. The van der Waals surface area contributed by atoms with Crippen molar-refractivity contribution in [3.63, 3.8) is 0 Å². The van der Waals surface area contributed by atoms with Crippen LogP contribution in [0.3, 0.4) is 0 Å². The molecular weight excluding hydrogens is 522 g/mol. The Morgan fingerprint density at radius 1 is 1.23 bits per heavy atom. The SMILES string of the molecule is C/C(=C\N(SI)c1ncc(B2OC(C)(C)C(C)(C)O2)cc1C)c1cccc2c1OCC2. The van der Waals surface area contributed by atoms with E-state index in [1.54, 1.807) is 9.12 Å². The Kier molecular flexibility index (Phi) is 6.37. The minimum Gasteiger partial charge on any atom is -0.492 e. The maximum absolute atomic E-state index is 6.19. The molecule has 1 fully saturated rings. The van der Waals surface area contributed by atoms with E-state index in [1.165, 1.54) is 5.56 Å². The minimum atomic E-state index is -0.410. The normalized spacial score (nSPS) is 19.3. The zero-order valence-corrected chi connectivity index (χ0v) is 21.8. The van der Waals surface area contributed by atoms with Crippen molar-refractivity contribution < 1.29 is 14.0 Å². The van der Waals surface area contributed by atoms with Crippen LogP contribution in [-0.4, -0.2) is 29.9 Å². The Hall–Kier alpha value is -1.23. The number of allylic oxidation sites excluding steroid dienone is 1. The summed E-state index contributed by atoms with van der Waals surface area (Å²) in [7, 11) is 1.18. The molecule has 0 radical (unpaired) electrons. The third-order valence-corrected chi connectivity index (χ3v) is 8.03. The summed E-state index contributed by atoms with van der Waals surface area (Å²) in [6, 6.07) is 8.47. The smallest absolute Gasteiger partial charge is 0.492 e. The average Bonchev–Trinajstić information content (AvgIpc) is 3.27. The Bertz CT molecular complexity index is 1010. The van der Waals surface area contributed by atoms with Crippen molar-refractivity contribution in [2.24, 2.45) is 0 Å². The van der Waals surface area contributed by atoms with Gasteiger partial charge >= 0.3 is 7.12 Å². The van der Waals surface area contributed by atoms with E-state index < -0.39 is 7.12 Å². The first kappa shape index (κ1) is 23.0. The van der Waals surface area contributed by atoms with Crippen molar-refractivity contribution in [3.8, 4) is 5.75 Å². The molecular formula is C23H28BIN2O3S. The van der Waals surface area contributed by atoms with Gasteiger partial charge in [-0.1, -0.05) is 24.3 Å². The maximum Gasteiger partial charge on any atom is 0.496 e. The van der Waals surface area contributed by atoms with E-state index in [9.17, 15) is 0 Å². The fraction of sp³-hybridized carbons (Fsp3) is 0.435. The van der Waals surface area contributed by atoms with E-state index in [0.717, 1.165) is 46.8 Å². The topological polar surface area (TPSA) is 43.8 Å². The first-order valence-electron chi connectivity index (χ1n) is 10.5. The molecule has 31 heavy (non-hydrogen) atoms. The number of para-hydroxylation sites is 1. The summed E-state index contributed by atoms with van der Waals surface area (Å²) in [6.07, 6.45) is 4.96. The van der Waals surface area contributed by atoms with Crippen LogP contribution in [0.4, 0.5) is 5.82 Å². The number of rotatable bonds is 5. The van der Waals surface area contributed by atoms with Crippen molar-refractivity contribution >= 4 is 54.3 Å². The van der Waals surface area contributed by atoms with Gasteiger partial charge in [-0.2, -0.15) is 0 Å². The van der Waals surface area contributed by atoms with Crippen molar-refractivity contribution in [3.05, 3.63) is 53.4 Å². The number of hydrogen-bond donors (Lipinski definition) is 0. The third kappa shape index (κ3) is 4.36. The zero-order chi connectivity index (χ0) is 22.4. The highest BCUT2D eigenvalue weighted by atomic mass is 127. The Labute approximate surface area is 201 Å². The summed E-state index contributed by atoms with van der Waals surface area (Å²) in [5, 5.41) is 0. The molecule has 0 amide bonds. The summed E-state index contributed by atoms with van der Waals surface area (Å²) < 4.78 is 20.4. The van der Waals surface area contributed by atoms with Crippen LogP contribution >= 0.6 is 30.3 Å². The molecule has 8 heteroatoms. The van der Waals surface area contributed by atoms with E-state index >= 15 is 0 Å². The Morgan fingerprint density at radius 3 is 2.58 bits per heavy atom. The second-order valence-corrected chi connectivity index (χ2v) is 10.8. The van der Waals surface area contributed by atoms with Gasteiger partial charge in [0.25, 0.3) is 0 Å². The summed E-state index contributed by atoms with van der Waals surface area (Å²) in [5.41, 5.74) is 4.82. The van der Waals surface area contributed by atoms with Gasteiger partial charge in [0.2, 0.25) is 0 Å². The predicted octanol–water partition coefficient (Wildman–Crippen LogP) is 5.49. The summed E-state index contributed by atoms with van der Waals surface area (Å²) in [6.45, 7) is 13.2. The van der Waals surface area contributed by atoms with Crippen LogP contribution in [0.15, 0.2) is 36.7 Å². The van der Waals surface area contributed by atoms with Crippen molar-refractivity contribution in [2.75, 3.05) is 10.9 Å². The highest BCUT2D eigenvalue weighted by Crippen LogP contribution is 2.38. The molecule has 0 N–H and O–H groups in total. The van der Waals surface area contributed by atoms with Crippen LogP contribution in [0.2, 0.25) is 0 Å². The molecule has 3 heterocycles. The molecule has 0 aliphatic carbocycles. The van der Waals surface area contributed by atoms with Gasteiger partial charge in [-0.25, -0.2) is 4.98 Å². The molecule has 1 aromatic carbocycles. The lowest BCUT2D eigenvalue weighted by atomic mass is 9.80. The average molecular weight is 550 g/mol. The number of pyridine rings is 1. The molecule has 2 aliphatic rings. The lowest BCUT2D eigenvalue weighted by molar-refractivity contribution is 0.00578. The first-order valence-corrected chi connectivity index (χ1v) is 13.8. The molecule has 4 rings (SSSR count). The van der Waals surface area contributed by atoms with Gasteiger partial charge in [0.05, 0.1) is 17.8 Å². The second-order valence-electron chi connectivity index (χ2n) is 9.10. The Morgan fingerprint density at radius 2 is 1.94 bits per heavy atom. The lowest BCUT2D eigenvalue weighted by Gasteiger charge is -2.32. The molecule has 2 aliphatic heterocycles. The van der Waals surface area contributed by atoms with E-state index in [2.05, 4.69) is 97.5 Å². The lowest BCUT2D eigenvalue weighted by Crippen LogP contribution is -2.41. The summed E-state index contributed by atoms with van der Waals surface area (Å²) in [5.74, 6) is 1.91. The number of aromatic nitrogens is 1. The highest BCUT2D eigenvalue weighted by Gasteiger charge is 2.51. The molecule has 0 saturated carbocycles. The zero-order valence-electron chi connectivity index (χ0n) is 18.9. The summed E-state index contributed by atoms with van der Waals surface area (Å²) >= 11 is 2.29. The number of anilines is 1. The van der Waals surface area contributed by atoms with Crippen LogP contribution in [-0.2, 0) is 15.7 Å². The van der Waals surface area contributed by atoms with Crippen LogP contribution in [0.1, 0.15) is 51.3 Å². The number of hydrogen-bond acceptors (Lipinski definition) is 6. The predicted molar refractivity (Wildman–Crippen MR) is 138 cm³/mol. The van der Waals surface area contributed by atoms with Gasteiger partial charge in [0, 0.05) is 60.2 Å².